The van der Waals surface area contributed by atoms with Gasteiger partial charge < -0.3 is 10.1 Å². The number of ether oxygens (including phenoxy) is 1. The van der Waals surface area contributed by atoms with Crippen LogP contribution in [0.2, 0.25) is 0 Å². The molecule has 1 aliphatic heterocycles. The lowest BCUT2D eigenvalue weighted by molar-refractivity contribution is -0.386. The fourth-order valence-electron chi connectivity index (χ4n) is 2.74. The summed E-state index contributed by atoms with van der Waals surface area (Å²) in [6, 6.07) is 0.460. The maximum atomic E-state index is 11.2. The molecule has 1 fully saturated rings. The molecule has 0 aromatic carbocycles. The van der Waals surface area contributed by atoms with Gasteiger partial charge in [-0.05, 0) is 39.2 Å². The first-order valence-electron chi connectivity index (χ1n) is 7.71. The van der Waals surface area contributed by atoms with Crippen LogP contribution in [0.3, 0.4) is 0 Å². The predicted molar refractivity (Wildman–Crippen MR) is 79.7 cm³/mol. The Morgan fingerprint density at radius 1 is 1.52 bits per heavy atom. The van der Waals surface area contributed by atoms with Gasteiger partial charge in [-0.25, -0.2) is 4.68 Å². The molecule has 1 aliphatic rings. The Kier molecular flexibility index (Phi) is 5.55. The molecule has 1 unspecified atom stereocenters. The lowest BCUT2D eigenvalue weighted by atomic mass is 10.0. The van der Waals surface area contributed by atoms with Crippen molar-refractivity contribution in [3.8, 4) is 5.88 Å². The number of aryl methyl sites for hydroxylation is 2. The minimum absolute atomic E-state index is 0.0000494. The van der Waals surface area contributed by atoms with E-state index in [1.807, 2.05) is 6.92 Å². The van der Waals surface area contributed by atoms with Crippen LogP contribution >= 0.6 is 0 Å². The van der Waals surface area contributed by atoms with Gasteiger partial charge in [-0.3, -0.25) is 10.1 Å². The maximum Gasteiger partial charge on any atom is 0.353 e. The van der Waals surface area contributed by atoms with Crippen LogP contribution < -0.4 is 10.1 Å². The average Bonchev–Trinajstić information content (AvgIpc) is 2.76. The van der Waals surface area contributed by atoms with Crippen molar-refractivity contribution >= 4 is 5.69 Å². The summed E-state index contributed by atoms with van der Waals surface area (Å²) in [5.41, 5.74) is 0.416. The van der Waals surface area contributed by atoms with E-state index in [1.54, 1.807) is 11.6 Å². The molecule has 1 saturated heterocycles. The van der Waals surface area contributed by atoms with Crippen molar-refractivity contribution in [2.45, 2.75) is 58.5 Å². The summed E-state index contributed by atoms with van der Waals surface area (Å²) in [6.07, 6.45) is 5.35. The van der Waals surface area contributed by atoms with Gasteiger partial charge in [-0.1, -0.05) is 13.3 Å². The standard InChI is InChI=1S/C14H24N4O3/c1-3-9-17-14(13(18(19)20)11(2)16-17)21-10-7-12-6-4-5-8-15-12/h12,15H,3-10H2,1-2H3. The van der Waals surface area contributed by atoms with E-state index >= 15 is 0 Å². The molecule has 1 atom stereocenters. The normalized spacial score (nSPS) is 18.7. The lowest BCUT2D eigenvalue weighted by Crippen LogP contribution is -2.35. The zero-order chi connectivity index (χ0) is 15.2. The predicted octanol–water partition coefficient (Wildman–Crippen LogP) is 2.42. The van der Waals surface area contributed by atoms with Gasteiger partial charge in [0.05, 0.1) is 11.5 Å². The third-order valence-corrected chi connectivity index (χ3v) is 3.79. The second-order valence-electron chi connectivity index (χ2n) is 5.50. The van der Waals surface area contributed by atoms with Crippen LogP contribution in [-0.2, 0) is 6.54 Å². The summed E-state index contributed by atoms with van der Waals surface area (Å²) in [7, 11) is 0. The van der Waals surface area contributed by atoms with Crippen molar-refractivity contribution in [1.82, 2.24) is 15.1 Å². The molecular weight excluding hydrogens is 272 g/mol. The fraction of sp³-hybridized carbons (Fsp3) is 0.786. The zero-order valence-corrected chi connectivity index (χ0v) is 12.8. The van der Waals surface area contributed by atoms with E-state index < -0.39 is 4.92 Å². The fourth-order valence-corrected chi connectivity index (χ4v) is 2.74. The molecule has 2 heterocycles. The zero-order valence-electron chi connectivity index (χ0n) is 12.8. The van der Waals surface area contributed by atoms with Crippen LogP contribution in [-0.4, -0.2) is 33.9 Å². The second kappa shape index (κ2) is 7.40. The van der Waals surface area contributed by atoms with E-state index in [0.29, 0.717) is 30.8 Å². The third-order valence-electron chi connectivity index (χ3n) is 3.79. The van der Waals surface area contributed by atoms with Crippen LogP contribution in [0.1, 0.15) is 44.7 Å². The van der Waals surface area contributed by atoms with Crippen molar-refractivity contribution < 1.29 is 9.66 Å². The van der Waals surface area contributed by atoms with Gasteiger partial charge in [-0.2, -0.15) is 5.10 Å². The highest BCUT2D eigenvalue weighted by molar-refractivity contribution is 5.45. The molecule has 7 nitrogen and oxygen atoms in total. The number of nitrogens with zero attached hydrogens (tertiary/aromatic N) is 3. The summed E-state index contributed by atoms with van der Waals surface area (Å²) in [5, 5.41) is 18.9. The van der Waals surface area contributed by atoms with E-state index in [2.05, 4.69) is 10.4 Å². The molecule has 2 rings (SSSR count). The van der Waals surface area contributed by atoms with Gasteiger partial charge in [-0.15, -0.1) is 0 Å². The van der Waals surface area contributed by atoms with Gasteiger partial charge in [0.2, 0.25) is 0 Å². The number of rotatable bonds is 7. The molecule has 7 heteroatoms. The van der Waals surface area contributed by atoms with Gasteiger partial charge >= 0.3 is 5.69 Å². The Balaban J connectivity index is 2.01. The van der Waals surface area contributed by atoms with Crippen LogP contribution in [0.25, 0.3) is 0 Å². The highest BCUT2D eigenvalue weighted by Gasteiger charge is 2.27. The summed E-state index contributed by atoms with van der Waals surface area (Å²) >= 11 is 0. The number of hydrogen-bond donors (Lipinski definition) is 1. The second-order valence-corrected chi connectivity index (χ2v) is 5.50. The van der Waals surface area contributed by atoms with Crippen molar-refractivity contribution in [3.63, 3.8) is 0 Å². The van der Waals surface area contributed by atoms with Crippen LogP contribution in [0.15, 0.2) is 0 Å². The molecule has 0 bridgehead atoms. The third kappa shape index (κ3) is 3.93. The summed E-state index contributed by atoms with van der Waals surface area (Å²) < 4.78 is 7.34. The van der Waals surface area contributed by atoms with Gasteiger partial charge in [0, 0.05) is 12.6 Å². The summed E-state index contributed by atoms with van der Waals surface area (Å²) in [6.45, 7) is 5.83. The number of hydrogen-bond acceptors (Lipinski definition) is 5. The average molecular weight is 296 g/mol. The Morgan fingerprint density at radius 3 is 2.95 bits per heavy atom. The molecule has 0 amide bonds. The molecule has 118 valence electrons. The van der Waals surface area contributed by atoms with E-state index in [4.69, 9.17) is 4.74 Å². The van der Waals surface area contributed by atoms with E-state index in [9.17, 15) is 10.1 Å². The first kappa shape index (κ1) is 15.8. The largest absolute Gasteiger partial charge is 0.473 e. The van der Waals surface area contributed by atoms with E-state index in [-0.39, 0.29) is 5.69 Å². The highest BCUT2D eigenvalue weighted by Crippen LogP contribution is 2.31. The van der Waals surface area contributed by atoms with Gasteiger partial charge in [0.25, 0.3) is 5.88 Å². The first-order chi connectivity index (χ1) is 10.1. The van der Waals surface area contributed by atoms with E-state index in [1.165, 1.54) is 12.8 Å². The van der Waals surface area contributed by atoms with Crippen molar-refractivity contribution in [2.75, 3.05) is 13.2 Å². The van der Waals surface area contributed by atoms with Crippen LogP contribution in [0, 0.1) is 17.0 Å². The highest BCUT2D eigenvalue weighted by atomic mass is 16.6. The number of aromatic nitrogens is 2. The Labute approximate surface area is 124 Å². The molecule has 1 aromatic rings. The lowest BCUT2D eigenvalue weighted by Gasteiger charge is -2.23. The molecule has 0 radical (unpaired) electrons. The molecule has 0 spiro atoms. The molecule has 0 saturated carbocycles. The molecule has 1 N–H and O–H groups in total. The van der Waals surface area contributed by atoms with Crippen LogP contribution in [0.4, 0.5) is 5.69 Å². The molecule has 21 heavy (non-hydrogen) atoms. The van der Waals surface area contributed by atoms with E-state index in [0.717, 1.165) is 25.8 Å². The summed E-state index contributed by atoms with van der Waals surface area (Å²) in [4.78, 5) is 10.8. The number of piperidine rings is 1. The van der Waals surface area contributed by atoms with Crippen molar-refractivity contribution in [2.24, 2.45) is 0 Å². The Morgan fingerprint density at radius 2 is 2.33 bits per heavy atom. The Hall–Kier alpha value is -1.63. The van der Waals surface area contributed by atoms with Crippen LogP contribution in [0.5, 0.6) is 5.88 Å². The minimum Gasteiger partial charge on any atom is -0.473 e. The topological polar surface area (TPSA) is 82.2 Å². The van der Waals surface area contributed by atoms with Gasteiger partial charge in [0.15, 0.2) is 0 Å². The Bertz CT molecular complexity index is 481. The quantitative estimate of drug-likeness (QED) is 0.617. The maximum absolute atomic E-state index is 11.2. The minimum atomic E-state index is -0.400. The van der Waals surface area contributed by atoms with Crippen molar-refractivity contribution in [3.05, 3.63) is 15.8 Å². The smallest absolute Gasteiger partial charge is 0.353 e. The first-order valence-corrected chi connectivity index (χ1v) is 7.71. The monoisotopic (exact) mass is 296 g/mol. The molecule has 0 aliphatic carbocycles. The van der Waals surface area contributed by atoms with Gasteiger partial charge in [0.1, 0.15) is 5.69 Å². The van der Waals surface area contributed by atoms with Crippen molar-refractivity contribution in [1.29, 1.82) is 0 Å². The SMILES string of the molecule is CCCn1nc(C)c([N+](=O)[O-])c1OCCC1CCCCN1. The summed E-state index contributed by atoms with van der Waals surface area (Å²) in [5.74, 6) is 0.301. The number of nitrogens with one attached hydrogen (secondary N) is 1. The molecular formula is C14H24N4O3. The molecule has 1 aromatic heterocycles. The number of nitro groups is 1.